The van der Waals surface area contributed by atoms with E-state index in [1.165, 1.54) is 12.1 Å². The number of hydrogen-bond donors (Lipinski definition) is 1. The van der Waals surface area contributed by atoms with Gasteiger partial charge in [0, 0.05) is 23.4 Å². The van der Waals surface area contributed by atoms with Crippen molar-refractivity contribution in [1.29, 1.82) is 0 Å². The zero-order valence-electron chi connectivity index (χ0n) is 15.7. The van der Waals surface area contributed by atoms with Gasteiger partial charge in [-0.2, -0.15) is 0 Å². The Morgan fingerprint density at radius 3 is 2.72 bits per heavy atom. The van der Waals surface area contributed by atoms with Gasteiger partial charge < -0.3 is 10.2 Å². The Bertz CT molecular complexity index is 1330. The first-order chi connectivity index (χ1) is 14.1. The number of nitrogens with zero attached hydrogens (tertiary/aromatic N) is 3. The van der Waals surface area contributed by atoms with Crippen LogP contribution in [0.5, 0.6) is 0 Å². The summed E-state index contributed by atoms with van der Waals surface area (Å²) in [6.45, 7) is 2.41. The molecule has 1 aromatic heterocycles. The molecule has 29 heavy (non-hydrogen) atoms. The minimum absolute atomic E-state index is 0.139. The number of imidazole rings is 1. The average molecular weight is 384 g/mol. The van der Waals surface area contributed by atoms with E-state index in [-0.39, 0.29) is 11.7 Å². The second kappa shape index (κ2) is 5.44. The number of likely N-dealkylation sites (N-methyl/N-ethyl adjacent to an activating group) is 1. The van der Waals surface area contributed by atoms with Gasteiger partial charge in [-0.05, 0) is 49.4 Å². The van der Waals surface area contributed by atoms with Gasteiger partial charge in [-0.3, -0.25) is 9.36 Å². The van der Waals surface area contributed by atoms with Crippen molar-refractivity contribution >= 4 is 28.3 Å². The van der Waals surface area contributed by atoms with E-state index in [1.54, 1.807) is 11.0 Å². The van der Waals surface area contributed by atoms with E-state index in [0.717, 1.165) is 28.0 Å². The van der Waals surface area contributed by atoms with Gasteiger partial charge in [-0.15, -0.1) is 0 Å². The fourth-order valence-corrected chi connectivity index (χ4v) is 4.69. The summed E-state index contributed by atoms with van der Waals surface area (Å²) in [4.78, 5) is 20.4. The van der Waals surface area contributed by atoms with Crippen LogP contribution in [0.25, 0.3) is 22.4 Å². The SMILES string of the molecule is CCN1C(=O)C2(Nc3ccccc3-c3nc4ccccc4n32)c2cc(F)ccc21. The Morgan fingerprint density at radius 1 is 1.07 bits per heavy atom. The number of fused-ring (bicyclic) bond motifs is 8. The molecule has 6 rings (SSSR count). The molecule has 0 aliphatic carbocycles. The first kappa shape index (κ1) is 16.3. The number of benzene rings is 3. The smallest absolute Gasteiger partial charge is 0.279 e. The number of halogens is 1. The van der Waals surface area contributed by atoms with E-state index in [0.29, 0.717) is 17.9 Å². The lowest BCUT2D eigenvalue weighted by Crippen LogP contribution is -2.53. The van der Waals surface area contributed by atoms with Gasteiger partial charge in [-0.25, -0.2) is 9.37 Å². The van der Waals surface area contributed by atoms with Crippen LogP contribution in [0.2, 0.25) is 0 Å². The Labute approximate surface area is 166 Å². The topological polar surface area (TPSA) is 50.2 Å². The minimum Gasteiger partial charge on any atom is -0.350 e. The van der Waals surface area contributed by atoms with Gasteiger partial charge in [0.05, 0.1) is 16.7 Å². The molecule has 0 saturated heterocycles. The Hall–Kier alpha value is -3.67. The van der Waals surface area contributed by atoms with E-state index in [4.69, 9.17) is 4.98 Å². The molecular weight excluding hydrogens is 367 g/mol. The molecule has 0 bridgehead atoms. The molecule has 1 spiro atoms. The Balaban J connectivity index is 1.79. The summed E-state index contributed by atoms with van der Waals surface area (Å²) in [7, 11) is 0. The highest BCUT2D eigenvalue weighted by Gasteiger charge is 2.56. The van der Waals surface area contributed by atoms with Gasteiger partial charge >= 0.3 is 0 Å². The summed E-state index contributed by atoms with van der Waals surface area (Å²) in [5.74, 6) is 0.182. The van der Waals surface area contributed by atoms with Crippen molar-refractivity contribution in [2.45, 2.75) is 12.6 Å². The zero-order chi connectivity index (χ0) is 19.8. The standard InChI is InChI=1S/C23H17FN4O/c1-2-27-19-12-11-14(24)13-16(19)23(22(27)29)26-17-8-4-3-7-15(17)21-25-18-9-5-6-10-20(18)28(21)23/h3-13,26H,2H2,1H3. The van der Waals surface area contributed by atoms with Gasteiger partial charge in [-0.1, -0.05) is 24.3 Å². The van der Waals surface area contributed by atoms with Crippen LogP contribution in [-0.4, -0.2) is 22.0 Å². The highest BCUT2D eigenvalue weighted by atomic mass is 19.1. The largest absolute Gasteiger partial charge is 0.350 e. The molecule has 2 aliphatic heterocycles. The number of aromatic nitrogens is 2. The second-order valence-corrected chi connectivity index (χ2v) is 7.35. The Morgan fingerprint density at radius 2 is 1.86 bits per heavy atom. The lowest BCUT2D eigenvalue weighted by molar-refractivity contribution is -0.123. The first-order valence-corrected chi connectivity index (χ1v) is 9.62. The molecule has 1 unspecified atom stereocenters. The van der Waals surface area contributed by atoms with E-state index in [1.807, 2.05) is 60.0 Å². The number of para-hydroxylation sites is 3. The van der Waals surface area contributed by atoms with Crippen LogP contribution in [0, 0.1) is 5.82 Å². The molecule has 3 heterocycles. The third-order valence-corrected chi connectivity index (χ3v) is 5.89. The van der Waals surface area contributed by atoms with Crippen LogP contribution in [0.3, 0.4) is 0 Å². The lowest BCUT2D eigenvalue weighted by atomic mass is 9.95. The molecule has 142 valence electrons. The summed E-state index contributed by atoms with van der Waals surface area (Å²) in [5.41, 5.74) is 3.37. The predicted octanol–water partition coefficient (Wildman–Crippen LogP) is 4.34. The molecule has 6 heteroatoms. The van der Waals surface area contributed by atoms with Crippen LogP contribution in [0.1, 0.15) is 12.5 Å². The zero-order valence-corrected chi connectivity index (χ0v) is 15.7. The molecular formula is C23H17FN4O. The third-order valence-electron chi connectivity index (χ3n) is 5.89. The van der Waals surface area contributed by atoms with Gasteiger partial charge in [0.1, 0.15) is 11.6 Å². The molecule has 1 amide bonds. The summed E-state index contributed by atoms with van der Waals surface area (Å²) in [6, 6.07) is 20.1. The lowest BCUT2D eigenvalue weighted by Gasteiger charge is -2.38. The second-order valence-electron chi connectivity index (χ2n) is 7.35. The normalized spacial score (nSPS) is 19.2. The van der Waals surface area contributed by atoms with Gasteiger partial charge in [0.2, 0.25) is 5.66 Å². The number of anilines is 2. The molecule has 0 fully saturated rings. The minimum atomic E-state index is -1.28. The van der Waals surface area contributed by atoms with E-state index >= 15 is 0 Å². The summed E-state index contributed by atoms with van der Waals surface area (Å²) >= 11 is 0. The van der Waals surface area contributed by atoms with Crippen molar-refractivity contribution in [3.63, 3.8) is 0 Å². The van der Waals surface area contributed by atoms with E-state index < -0.39 is 5.66 Å². The van der Waals surface area contributed by atoms with E-state index in [2.05, 4.69) is 5.32 Å². The molecule has 2 aliphatic rings. The fraction of sp³-hybridized carbons (Fsp3) is 0.130. The summed E-state index contributed by atoms with van der Waals surface area (Å²) in [6.07, 6.45) is 0. The molecule has 5 nitrogen and oxygen atoms in total. The molecule has 4 aromatic rings. The number of carbonyl (C=O) groups excluding carboxylic acids is 1. The molecule has 1 atom stereocenters. The maximum Gasteiger partial charge on any atom is 0.279 e. The van der Waals surface area contributed by atoms with Crippen LogP contribution in [0.4, 0.5) is 15.8 Å². The fourth-order valence-electron chi connectivity index (χ4n) is 4.69. The number of rotatable bonds is 1. The Kier molecular flexibility index (Phi) is 3.06. The molecule has 3 aromatic carbocycles. The predicted molar refractivity (Wildman–Crippen MR) is 110 cm³/mol. The average Bonchev–Trinajstić information content (AvgIpc) is 3.24. The van der Waals surface area contributed by atoms with Crippen LogP contribution in [-0.2, 0) is 10.5 Å². The number of carbonyl (C=O) groups is 1. The number of hydrogen-bond acceptors (Lipinski definition) is 3. The van der Waals surface area contributed by atoms with Crippen molar-refractivity contribution in [3.05, 3.63) is 78.1 Å². The number of nitrogens with one attached hydrogen (secondary N) is 1. The van der Waals surface area contributed by atoms with Crippen molar-refractivity contribution in [2.24, 2.45) is 0 Å². The highest BCUT2D eigenvalue weighted by molar-refractivity contribution is 6.12. The maximum absolute atomic E-state index is 14.4. The summed E-state index contributed by atoms with van der Waals surface area (Å²) in [5, 5.41) is 3.47. The monoisotopic (exact) mass is 384 g/mol. The van der Waals surface area contributed by atoms with Crippen molar-refractivity contribution in [1.82, 2.24) is 9.55 Å². The van der Waals surface area contributed by atoms with Gasteiger partial charge in [0.25, 0.3) is 5.91 Å². The first-order valence-electron chi connectivity index (χ1n) is 9.62. The third kappa shape index (κ3) is 1.88. The summed E-state index contributed by atoms with van der Waals surface area (Å²) < 4.78 is 16.3. The highest BCUT2D eigenvalue weighted by Crippen LogP contribution is 2.50. The van der Waals surface area contributed by atoms with Crippen LogP contribution < -0.4 is 10.2 Å². The molecule has 0 saturated carbocycles. The van der Waals surface area contributed by atoms with Crippen molar-refractivity contribution in [3.8, 4) is 11.4 Å². The van der Waals surface area contributed by atoms with E-state index in [9.17, 15) is 9.18 Å². The molecule has 0 radical (unpaired) electrons. The van der Waals surface area contributed by atoms with Crippen LogP contribution >= 0.6 is 0 Å². The van der Waals surface area contributed by atoms with Crippen molar-refractivity contribution < 1.29 is 9.18 Å². The van der Waals surface area contributed by atoms with Gasteiger partial charge in [0.15, 0.2) is 0 Å². The number of amides is 1. The molecule has 1 N–H and O–H groups in total. The van der Waals surface area contributed by atoms with Crippen molar-refractivity contribution in [2.75, 3.05) is 16.8 Å². The maximum atomic E-state index is 14.4. The van der Waals surface area contributed by atoms with Crippen LogP contribution in [0.15, 0.2) is 66.7 Å². The quantitative estimate of drug-likeness (QED) is 0.531.